The summed E-state index contributed by atoms with van der Waals surface area (Å²) in [5.41, 5.74) is 7.43. The van der Waals surface area contributed by atoms with E-state index in [0.29, 0.717) is 16.7 Å². The van der Waals surface area contributed by atoms with Gasteiger partial charge in [0, 0.05) is 17.2 Å². The Morgan fingerprint density at radius 2 is 1.77 bits per heavy atom. The average Bonchev–Trinajstić information content (AvgIpc) is 3.45. The molecule has 2 amide bonds. The maximum atomic E-state index is 12.9. The number of ether oxygens (including phenoxy) is 1. The van der Waals surface area contributed by atoms with Crippen LogP contribution in [0.25, 0.3) is 11.5 Å². The Balaban J connectivity index is 1.76. The smallest absolute Gasteiger partial charge is 0.333 e. The van der Waals surface area contributed by atoms with Crippen molar-refractivity contribution in [3.8, 4) is 11.5 Å². The normalized spacial score (nSPS) is 12.1. The van der Waals surface area contributed by atoms with Gasteiger partial charge in [-0.3, -0.25) is 9.59 Å². The van der Waals surface area contributed by atoms with E-state index in [1.54, 1.807) is 61.5 Å². The van der Waals surface area contributed by atoms with Crippen LogP contribution in [0.1, 0.15) is 61.3 Å². The molecular formula is C29H33N5O5. The predicted octanol–water partition coefficient (Wildman–Crippen LogP) is 3.89. The van der Waals surface area contributed by atoms with Crippen molar-refractivity contribution in [3.05, 3.63) is 89.5 Å². The molecule has 0 aliphatic heterocycles. The highest BCUT2D eigenvalue weighted by atomic mass is 16.5. The second kappa shape index (κ2) is 13.7. The summed E-state index contributed by atoms with van der Waals surface area (Å²) in [7, 11) is 0. The lowest BCUT2D eigenvalue weighted by Crippen LogP contribution is -2.37. The summed E-state index contributed by atoms with van der Waals surface area (Å²) in [6.45, 7) is 5.80. The molecule has 0 saturated heterocycles. The second-order valence-corrected chi connectivity index (χ2v) is 8.68. The Bertz CT molecular complexity index is 1340. The minimum Gasteiger partial charge on any atom is -0.464 e. The van der Waals surface area contributed by atoms with E-state index in [-0.39, 0.29) is 35.7 Å². The molecule has 5 N–H and O–H groups in total. The van der Waals surface area contributed by atoms with Crippen molar-refractivity contribution in [3.63, 3.8) is 0 Å². The Kier molecular flexibility index (Phi) is 10.1. The molecule has 0 radical (unpaired) electrons. The van der Waals surface area contributed by atoms with Crippen LogP contribution in [-0.4, -0.2) is 41.1 Å². The maximum absolute atomic E-state index is 12.9. The van der Waals surface area contributed by atoms with Crippen molar-refractivity contribution < 1.29 is 23.5 Å². The Morgan fingerprint density at radius 3 is 2.44 bits per heavy atom. The van der Waals surface area contributed by atoms with Crippen LogP contribution >= 0.6 is 0 Å². The van der Waals surface area contributed by atoms with E-state index in [4.69, 9.17) is 20.3 Å². The zero-order valence-electron chi connectivity index (χ0n) is 22.2. The summed E-state index contributed by atoms with van der Waals surface area (Å²) in [6.07, 6.45) is 4.11. The molecule has 1 heterocycles. The number of allylic oxidation sites excluding steroid dienone is 1. The zero-order valence-corrected chi connectivity index (χ0v) is 22.2. The first-order valence-corrected chi connectivity index (χ1v) is 12.7. The number of rotatable bonds is 12. The number of oxazole rings is 1. The molecule has 0 fully saturated rings. The molecule has 0 aliphatic carbocycles. The number of aromatic nitrogens is 1. The van der Waals surface area contributed by atoms with E-state index in [0.717, 1.165) is 12.8 Å². The highest BCUT2D eigenvalue weighted by Gasteiger charge is 2.26. The summed E-state index contributed by atoms with van der Waals surface area (Å²) in [5, 5.41) is 13.9. The number of hydrogen-bond acceptors (Lipinski definition) is 8. The Morgan fingerprint density at radius 1 is 1.05 bits per heavy atom. The molecule has 1 atom stereocenters. The molecular weight excluding hydrogens is 498 g/mol. The molecule has 0 saturated carbocycles. The van der Waals surface area contributed by atoms with Crippen molar-refractivity contribution in [1.82, 2.24) is 15.6 Å². The van der Waals surface area contributed by atoms with E-state index < -0.39 is 23.8 Å². The molecule has 0 bridgehead atoms. The first-order chi connectivity index (χ1) is 18.8. The predicted molar refractivity (Wildman–Crippen MR) is 147 cm³/mol. The van der Waals surface area contributed by atoms with Gasteiger partial charge in [0.25, 0.3) is 11.8 Å². The lowest BCUT2D eigenvalue weighted by atomic mass is 10.1. The Labute approximate surface area is 227 Å². The van der Waals surface area contributed by atoms with Crippen molar-refractivity contribution in [2.24, 2.45) is 5.73 Å². The molecule has 0 aliphatic rings. The van der Waals surface area contributed by atoms with Crippen LogP contribution in [-0.2, 0) is 14.3 Å². The van der Waals surface area contributed by atoms with Crippen LogP contribution in [0.4, 0.5) is 0 Å². The van der Waals surface area contributed by atoms with Crippen LogP contribution in [0.15, 0.2) is 77.0 Å². The molecule has 10 nitrogen and oxygen atoms in total. The van der Waals surface area contributed by atoms with E-state index in [2.05, 4.69) is 15.6 Å². The van der Waals surface area contributed by atoms with Crippen molar-refractivity contribution in [2.45, 2.75) is 45.7 Å². The number of benzene rings is 2. The fourth-order valence-electron chi connectivity index (χ4n) is 3.75. The SMILES string of the molecule is CCOC(=O)C(NC(=O)c1cnc(-c2cccc(C(=N)C=C(N)C(=O)NC(CC)CC)c2)o1)c1ccccc1. The maximum Gasteiger partial charge on any atom is 0.333 e. The molecule has 0 spiro atoms. The van der Waals surface area contributed by atoms with Crippen LogP contribution < -0.4 is 16.4 Å². The number of nitrogens with two attached hydrogens (primary N) is 1. The number of esters is 1. The van der Waals surface area contributed by atoms with Gasteiger partial charge in [-0.15, -0.1) is 0 Å². The van der Waals surface area contributed by atoms with Crippen LogP contribution in [0.5, 0.6) is 0 Å². The third-order valence-electron chi connectivity index (χ3n) is 5.96. The molecule has 2 aromatic carbocycles. The molecule has 3 aromatic rings. The van der Waals surface area contributed by atoms with Gasteiger partial charge in [-0.05, 0) is 43.5 Å². The van der Waals surface area contributed by atoms with E-state index in [1.165, 1.54) is 12.3 Å². The fraction of sp³-hybridized carbons (Fsp3) is 0.276. The van der Waals surface area contributed by atoms with Crippen molar-refractivity contribution >= 4 is 23.5 Å². The number of amides is 2. The topological polar surface area (TPSA) is 160 Å². The minimum atomic E-state index is -1.02. The first kappa shape index (κ1) is 28.8. The van der Waals surface area contributed by atoms with E-state index in [9.17, 15) is 14.4 Å². The Hall–Kier alpha value is -4.73. The third-order valence-corrected chi connectivity index (χ3v) is 5.96. The number of carbonyl (C=O) groups is 3. The molecule has 1 unspecified atom stereocenters. The van der Waals surface area contributed by atoms with Gasteiger partial charge in [0.05, 0.1) is 24.2 Å². The number of hydrogen-bond donors (Lipinski definition) is 4. The monoisotopic (exact) mass is 531 g/mol. The average molecular weight is 532 g/mol. The van der Waals surface area contributed by atoms with Crippen molar-refractivity contribution in [2.75, 3.05) is 6.61 Å². The van der Waals surface area contributed by atoms with Crippen LogP contribution in [0, 0.1) is 5.41 Å². The van der Waals surface area contributed by atoms with Gasteiger partial charge in [-0.1, -0.05) is 56.3 Å². The minimum absolute atomic E-state index is 0.0126. The summed E-state index contributed by atoms with van der Waals surface area (Å²) >= 11 is 0. The van der Waals surface area contributed by atoms with Crippen LogP contribution in [0.2, 0.25) is 0 Å². The summed E-state index contributed by atoms with van der Waals surface area (Å²) in [5.74, 6) is -1.62. The first-order valence-electron chi connectivity index (χ1n) is 12.7. The zero-order chi connectivity index (χ0) is 28.4. The molecule has 204 valence electrons. The lowest BCUT2D eigenvalue weighted by Gasteiger charge is -2.16. The fourth-order valence-corrected chi connectivity index (χ4v) is 3.75. The van der Waals surface area contributed by atoms with Gasteiger partial charge in [0.2, 0.25) is 11.7 Å². The summed E-state index contributed by atoms with van der Waals surface area (Å²) in [4.78, 5) is 42.0. The summed E-state index contributed by atoms with van der Waals surface area (Å²) < 4.78 is 10.8. The largest absolute Gasteiger partial charge is 0.464 e. The third kappa shape index (κ3) is 7.64. The standard InChI is InChI=1S/C29H33N5O5/c1-4-21(5-2)33-26(35)23(31)16-22(30)19-13-10-14-20(15-19)28-32-17-24(39-28)27(36)34-25(29(37)38-6-3)18-11-8-7-9-12-18/h7-17,21,25,30H,4-6,31H2,1-3H3,(H,33,35)(H,34,36). The van der Waals surface area contributed by atoms with Gasteiger partial charge in [0.1, 0.15) is 0 Å². The van der Waals surface area contributed by atoms with Gasteiger partial charge in [-0.25, -0.2) is 9.78 Å². The van der Waals surface area contributed by atoms with Gasteiger partial charge in [-0.2, -0.15) is 0 Å². The molecule has 10 heteroatoms. The lowest BCUT2D eigenvalue weighted by molar-refractivity contribution is -0.145. The van der Waals surface area contributed by atoms with E-state index >= 15 is 0 Å². The quantitative estimate of drug-likeness (QED) is 0.157. The number of nitrogens with one attached hydrogen (secondary N) is 3. The van der Waals surface area contributed by atoms with E-state index in [1.807, 2.05) is 13.8 Å². The number of nitrogens with zero attached hydrogens (tertiary/aromatic N) is 1. The summed E-state index contributed by atoms with van der Waals surface area (Å²) in [6, 6.07) is 14.5. The van der Waals surface area contributed by atoms with Gasteiger partial charge >= 0.3 is 5.97 Å². The molecule has 39 heavy (non-hydrogen) atoms. The van der Waals surface area contributed by atoms with Crippen molar-refractivity contribution in [1.29, 1.82) is 5.41 Å². The molecule has 3 rings (SSSR count). The van der Waals surface area contributed by atoms with Gasteiger partial charge < -0.3 is 30.9 Å². The van der Waals surface area contributed by atoms with Crippen LogP contribution in [0.3, 0.4) is 0 Å². The molecule has 1 aromatic heterocycles. The highest BCUT2D eigenvalue weighted by molar-refractivity contribution is 6.11. The number of carbonyl (C=O) groups excluding carboxylic acids is 3. The van der Waals surface area contributed by atoms with Gasteiger partial charge in [0.15, 0.2) is 6.04 Å². The second-order valence-electron chi connectivity index (χ2n) is 8.68. The highest BCUT2D eigenvalue weighted by Crippen LogP contribution is 2.22.